The molecule has 2 nitrogen and oxygen atoms in total. The molecule has 2 aromatic rings. The van der Waals surface area contributed by atoms with E-state index >= 15 is 0 Å². The molecule has 19 heavy (non-hydrogen) atoms. The maximum Gasteiger partial charge on any atom is 0.0931 e. The van der Waals surface area contributed by atoms with Gasteiger partial charge in [-0.1, -0.05) is 31.5 Å². The maximum absolute atomic E-state index is 6.02. The quantitative estimate of drug-likeness (QED) is 0.861. The molecule has 0 bridgehead atoms. The molecule has 2 heterocycles. The van der Waals surface area contributed by atoms with Gasteiger partial charge in [0.2, 0.25) is 0 Å². The number of nitrogens with zero attached hydrogens (tertiary/aromatic N) is 1. The molecule has 2 rings (SSSR count). The van der Waals surface area contributed by atoms with Crippen molar-refractivity contribution in [3.63, 3.8) is 0 Å². The monoisotopic (exact) mass is 294 g/mol. The van der Waals surface area contributed by atoms with Crippen molar-refractivity contribution in [3.05, 3.63) is 50.9 Å². The van der Waals surface area contributed by atoms with Gasteiger partial charge in [0.1, 0.15) is 0 Å². The van der Waals surface area contributed by atoms with E-state index < -0.39 is 0 Å². The van der Waals surface area contributed by atoms with Crippen molar-refractivity contribution < 1.29 is 0 Å². The van der Waals surface area contributed by atoms with Gasteiger partial charge in [-0.3, -0.25) is 4.98 Å². The van der Waals surface area contributed by atoms with Crippen LogP contribution < -0.4 is 5.32 Å². The van der Waals surface area contributed by atoms with E-state index in [-0.39, 0.29) is 0 Å². The summed E-state index contributed by atoms with van der Waals surface area (Å²) in [7, 11) is 0. The Bertz CT molecular complexity index is 507. The van der Waals surface area contributed by atoms with E-state index in [2.05, 4.69) is 42.3 Å². The van der Waals surface area contributed by atoms with Crippen LogP contribution in [-0.4, -0.2) is 11.5 Å². The first-order valence-electron chi connectivity index (χ1n) is 6.65. The van der Waals surface area contributed by atoms with Crippen LogP contribution in [0.25, 0.3) is 0 Å². The lowest BCUT2D eigenvalue weighted by Crippen LogP contribution is -2.22. The number of pyridine rings is 1. The number of aromatic nitrogens is 1. The lowest BCUT2D eigenvalue weighted by atomic mass is 10.1. The Morgan fingerprint density at radius 2 is 2.11 bits per heavy atom. The fourth-order valence-electron chi connectivity index (χ4n) is 2.03. The third-order valence-corrected chi connectivity index (χ3v) is 4.44. The minimum atomic E-state index is 0.294. The molecule has 4 heteroatoms. The van der Waals surface area contributed by atoms with Gasteiger partial charge in [-0.15, -0.1) is 11.3 Å². The Labute approximate surface area is 123 Å². The third-order valence-electron chi connectivity index (χ3n) is 3.10. The van der Waals surface area contributed by atoms with E-state index in [1.165, 1.54) is 10.4 Å². The summed E-state index contributed by atoms with van der Waals surface area (Å²) in [5.74, 6) is 0. The second-order valence-corrected chi connectivity index (χ2v) is 6.21. The Morgan fingerprint density at radius 3 is 2.63 bits per heavy atom. The molecular weight excluding hydrogens is 276 g/mol. The van der Waals surface area contributed by atoms with E-state index in [1.807, 2.05) is 12.3 Å². The van der Waals surface area contributed by atoms with Gasteiger partial charge in [-0.25, -0.2) is 0 Å². The molecular formula is C15H19ClN2S. The number of rotatable bonds is 6. The molecule has 1 N–H and O–H groups in total. The van der Waals surface area contributed by atoms with Gasteiger partial charge < -0.3 is 5.32 Å². The van der Waals surface area contributed by atoms with E-state index in [4.69, 9.17) is 11.6 Å². The molecule has 0 spiro atoms. The SMILES string of the molecule is CCNC(Cc1ccc(CC)cn1)c1ccc(Cl)s1. The number of likely N-dealkylation sites (N-methyl/N-ethyl adjacent to an activating group) is 1. The highest BCUT2D eigenvalue weighted by Crippen LogP contribution is 2.28. The van der Waals surface area contributed by atoms with Crippen LogP contribution in [-0.2, 0) is 12.8 Å². The van der Waals surface area contributed by atoms with E-state index in [1.54, 1.807) is 11.3 Å². The lowest BCUT2D eigenvalue weighted by molar-refractivity contribution is 0.552. The highest BCUT2D eigenvalue weighted by molar-refractivity contribution is 7.16. The first-order chi connectivity index (χ1) is 9.22. The lowest BCUT2D eigenvalue weighted by Gasteiger charge is -2.16. The summed E-state index contributed by atoms with van der Waals surface area (Å²) >= 11 is 7.66. The van der Waals surface area contributed by atoms with Crippen molar-refractivity contribution >= 4 is 22.9 Å². The Kier molecular flexibility index (Phi) is 5.37. The number of aryl methyl sites for hydroxylation is 1. The molecule has 1 atom stereocenters. The highest BCUT2D eigenvalue weighted by atomic mass is 35.5. The second-order valence-electron chi connectivity index (χ2n) is 4.47. The summed E-state index contributed by atoms with van der Waals surface area (Å²) < 4.78 is 0.840. The van der Waals surface area contributed by atoms with Crippen LogP contribution in [0.2, 0.25) is 4.34 Å². The highest BCUT2D eigenvalue weighted by Gasteiger charge is 2.14. The molecule has 1 unspecified atom stereocenters. The van der Waals surface area contributed by atoms with Gasteiger partial charge >= 0.3 is 0 Å². The van der Waals surface area contributed by atoms with Crippen molar-refractivity contribution in [1.82, 2.24) is 10.3 Å². The summed E-state index contributed by atoms with van der Waals surface area (Å²) in [4.78, 5) is 5.81. The smallest absolute Gasteiger partial charge is 0.0931 e. The summed E-state index contributed by atoms with van der Waals surface area (Å²) in [6.07, 6.45) is 3.90. The van der Waals surface area contributed by atoms with Crippen molar-refractivity contribution in [2.75, 3.05) is 6.54 Å². The van der Waals surface area contributed by atoms with Gasteiger partial charge in [0.15, 0.2) is 0 Å². The topological polar surface area (TPSA) is 24.9 Å². The zero-order chi connectivity index (χ0) is 13.7. The number of hydrogen-bond donors (Lipinski definition) is 1. The summed E-state index contributed by atoms with van der Waals surface area (Å²) in [5, 5.41) is 3.50. The molecule has 0 aliphatic carbocycles. The average Bonchev–Trinajstić information content (AvgIpc) is 2.86. The molecule has 0 saturated heterocycles. The number of halogens is 1. The van der Waals surface area contributed by atoms with Crippen LogP contribution in [0, 0.1) is 0 Å². The number of hydrogen-bond acceptors (Lipinski definition) is 3. The first kappa shape index (κ1) is 14.5. The molecule has 0 amide bonds. The van der Waals surface area contributed by atoms with E-state index in [0.717, 1.165) is 29.4 Å². The fraction of sp³-hybridized carbons (Fsp3) is 0.400. The summed E-state index contributed by atoms with van der Waals surface area (Å²) in [6, 6.07) is 8.63. The maximum atomic E-state index is 6.02. The van der Waals surface area contributed by atoms with Gasteiger partial charge in [-0.05, 0) is 36.7 Å². The van der Waals surface area contributed by atoms with Crippen molar-refractivity contribution in [1.29, 1.82) is 0 Å². The molecule has 0 aliphatic heterocycles. The van der Waals surface area contributed by atoms with Gasteiger partial charge in [0, 0.05) is 29.2 Å². The van der Waals surface area contributed by atoms with Gasteiger partial charge in [-0.2, -0.15) is 0 Å². The van der Waals surface area contributed by atoms with Crippen molar-refractivity contribution in [2.24, 2.45) is 0 Å². The van der Waals surface area contributed by atoms with Crippen LogP contribution in [0.3, 0.4) is 0 Å². The van der Waals surface area contributed by atoms with Crippen LogP contribution in [0.1, 0.15) is 36.0 Å². The molecule has 0 saturated carbocycles. The zero-order valence-electron chi connectivity index (χ0n) is 11.3. The summed E-state index contributed by atoms with van der Waals surface area (Å²) in [5.41, 5.74) is 2.40. The van der Waals surface area contributed by atoms with E-state index in [0.29, 0.717) is 6.04 Å². The molecule has 102 valence electrons. The van der Waals surface area contributed by atoms with Gasteiger partial charge in [0.25, 0.3) is 0 Å². The van der Waals surface area contributed by atoms with Gasteiger partial charge in [0.05, 0.1) is 4.34 Å². The summed E-state index contributed by atoms with van der Waals surface area (Å²) in [6.45, 7) is 5.20. The van der Waals surface area contributed by atoms with Crippen molar-refractivity contribution in [2.45, 2.75) is 32.7 Å². The largest absolute Gasteiger partial charge is 0.309 e. The zero-order valence-corrected chi connectivity index (χ0v) is 12.9. The third kappa shape index (κ3) is 4.03. The molecule has 2 aromatic heterocycles. The standard InChI is InChI=1S/C15H19ClN2S/c1-3-11-5-6-12(18-10-11)9-13(17-4-2)14-7-8-15(16)19-14/h5-8,10,13,17H,3-4,9H2,1-2H3. The molecule has 0 aliphatic rings. The second kappa shape index (κ2) is 7.04. The average molecular weight is 295 g/mol. The fourth-order valence-corrected chi connectivity index (χ4v) is 3.17. The Balaban J connectivity index is 2.11. The first-order valence-corrected chi connectivity index (χ1v) is 7.84. The van der Waals surface area contributed by atoms with Crippen LogP contribution >= 0.6 is 22.9 Å². The van der Waals surface area contributed by atoms with Crippen LogP contribution in [0.4, 0.5) is 0 Å². The minimum Gasteiger partial charge on any atom is -0.309 e. The normalized spacial score (nSPS) is 12.6. The molecule has 0 aromatic carbocycles. The predicted molar refractivity (Wildman–Crippen MR) is 83.1 cm³/mol. The Morgan fingerprint density at radius 1 is 1.26 bits per heavy atom. The predicted octanol–water partition coefficient (Wildman–Crippen LogP) is 4.25. The van der Waals surface area contributed by atoms with Crippen LogP contribution in [0.15, 0.2) is 30.5 Å². The number of thiophene rings is 1. The number of nitrogens with one attached hydrogen (secondary N) is 1. The minimum absolute atomic E-state index is 0.294. The van der Waals surface area contributed by atoms with Crippen molar-refractivity contribution in [3.8, 4) is 0 Å². The van der Waals surface area contributed by atoms with E-state index in [9.17, 15) is 0 Å². The Hall–Kier alpha value is -0.900. The molecule has 0 radical (unpaired) electrons. The molecule has 0 fully saturated rings. The van der Waals surface area contributed by atoms with Crippen LogP contribution in [0.5, 0.6) is 0 Å².